The molecule has 0 aliphatic rings. The monoisotopic (exact) mass is 230 g/mol. The molecule has 0 aromatic carbocycles. The largest absolute Gasteiger partial charge is 0.0692 e. The molecule has 0 rings (SSSR count). The van der Waals surface area contributed by atoms with Crippen molar-refractivity contribution in [3.05, 3.63) is 0 Å². The zero-order chi connectivity index (χ0) is 11.7. The summed E-state index contributed by atoms with van der Waals surface area (Å²) in [7, 11) is -2.04. The van der Waals surface area contributed by atoms with Gasteiger partial charge in [-0.05, 0) is 0 Å². The van der Waals surface area contributed by atoms with Crippen LogP contribution in [0.4, 0.5) is 0 Å². The lowest BCUT2D eigenvalue weighted by Crippen LogP contribution is -2.49. The van der Waals surface area contributed by atoms with E-state index in [4.69, 9.17) is 0 Å². The Bertz CT molecular complexity index is 161. The van der Waals surface area contributed by atoms with Crippen LogP contribution in [0.1, 0.15) is 34.6 Å². The van der Waals surface area contributed by atoms with Gasteiger partial charge in [-0.1, -0.05) is 77.1 Å². The molecule has 0 aromatic heterocycles. The quantitative estimate of drug-likeness (QED) is 0.586. The number of rotatable bonds is 4. The summed E-state index contributed by atoms with van der Waals surface area (Å²) in [5.41, 5.74) is 1.84. The summed E-state index contributed by atoms with van der Waals surface area (Å²) in [6.45, 7) is 22.6. The van der Waals surface area contributed by atoms with E-state index in [1.165, 1.54) is 0 Å². The first-order valence-corrected chi connectivity index (χ1v) is 12.4. The standard InChI is InChI=1S/C12H30Si2/c1-10(2)13(6,7)12(5)14(8,9)11(3)4/h10-12H,1-9H3. The van der Waals surface area contributed by atoms with Crippen molar-refractivity contribution in [2.24, 2.45) is 0 Å². The van der Waals surface area contributed by atoms with Crippen LogP contribution in [0.15, 0.2) is 0 Å². The molecule has 0 aromatic rings. The zero-order valence-corrected chi connectivity index (χ0v) is 13.7. The van der Waals surface area contributed by atoms with Crippen LogP contribution < -0.4 is 0 Å². The van der Waals surface area contributed by atoms with E-state index in [0.29, 0.717) is 0 Å². The smallest absolute Gasteiger partial charge is 0.0501 e. The van der Waals surface area contributed by atoms with Crippen molar-refractivity contribution in [3.63, 3.8) is 0 Å². The molecule has 0 heterocycles. The summed E-state index contributed by atoms with van der Waals surface area (Å²) >= 11 is 0. The van der Waals surface area contributed by atoms with E-state index in [0.717, 1.165) is 16.2 Å². The lowest BCUT2D eigenvalue weighted by molar-refractivity contribution is 0.920. The van der Waals surface area contributed by atoms with Crippen molar-refractivity contribution in [2.75, 3.05) is 0 Å². The van der Waals surface area contributed by atoms with Crippen LogP contribution in [0.5, 0.6) is 0 Å². The third kappa shape index (κ3) is 2.72. The van der Waals surface area contributed by atoms with Crippen molar-refractivity contribution >= 4 is 16.1 Å². The van der Waals surface area contributed by atoms with Crippen LogP contribution in [0.3, 0.4) is 0 Å². The Balaban J connectivity index is 4.85. The molecule has 0 spiro atoms. The van der Waals surface area contributed by atoms with Gasteiger partial charge >= 0.3 is 0 Å². The van der Waals surface area contributed by atoms with Gasteiger partial charge in [-0.25, -0.2) is 0 Å². The van der Waals surface area contributed by atoms with Gasteiger partial charge in [0.2, 0.25) is 0 Å². The molecule has 0 nitrogen and oxygen atoms in total. The Morgan fingerprint density at radius 3 is 0.929 bits per heavy atom. The van der Waals surface area contributed by atoms with Gasteiger partial charge < -0.3 is 0 Å². The second-order valence-electron chi connectivity index (χ2n) is 6.67. The third-order valence-corrected chi connectivity index (χ3v) is 20.1. The van der Waals surface area contributed by atoms with Gasteiger partial charge in [-0.2, -0.15) is 0 Å². The molecule has 0 fully saturated rings. The second kappa shape index (κ2) is 4.52. The average Bonchev–Trinajstić information content (AvgIpc) is 2.02. The molecule has 86 valence electrons. The van der Waals surface area contributed by atoms with Crippen LogP contribution >= 0.6 is 0 Å². The Morgan fingerprint density at radius 1 is 0.571 bits per heavy atom. The predicted octanol–water partition coefficient (Wildman–Crippen LogP) is 5.15. The fourth-order valence-electron chi connectivity index (χ4n) is 1.96. The van der Waals surface area contributed by atoms with E-state index in [1.54, 1.807) is 0 Å². The van der Waals surface area contributed by atoms with Gasteiger partial charge in [0, 0.05) is 0 Å². The molecule has 0 aliphatic carbocycles. The zero-order valence-electron chi connectivity index (χ0n) is 11.7. The molecule has 2 heteroatoms. The normalized spacial score (nSPS) is 14.6. The minimum Gasteiger partial charge on any atom is -0.0692 e. The van der Waals surface area contributed by atoms with Crippen LogP contribution in [0.2, 0.25) is 42.4 Å². The van der Waals surface area contributed by atoms with E-state index in [1.807, 2.05) is 0 Å². The predicted molar refractivity (Wildman–Crippen MR) is 74.6 cm³/mol. The Labute approximate surface area is 93.5 Å². The Hall–Kier alpha value is 0.434. The first-order chi connectivity index (χ1) is 6.04. The topological polar surface area (TPSA) is 0 Å². The lowest BCUT2D eigenvalue weighted by Gasteiger charge is -2.45. The minimum atomic E-state index is -1.02. The van der Waals surface area contributed by atoms with Gasteiger partial charge in [0.15, 0.2) is 0 Å². The number of hydrogen-bond acceptors (Lipinski definition) is 0. The summed E-state index contributed by atoms with van der Waals surface area (Å²) in [5.74, 6) is 0. The maximum atomic E-state index is 2.58. The first kappa shape index (κ1) is 14.4. The average molecular weight is 231 g/mol. The molecular weight excluding hydrogens is 200 g/mol. The first-order valence-electron chi connectivity index (χ1n) is 6.04. The molecule has 0 bridgehead atoms. The van der Waals surface area contributed by atoms with Crippen LogP contribution in [0.25, 0.3) is 0 Å². The molecule has 0 saturated heterocycles. The maximum absolute atomic E-state index is 2.58. The fourth-order valence-corrected chi connectivity index (χ4v) is 13.6. The molecule has 0 radical (unpaired) electrons. The summed E-state index contributed by atoms with van der Waals surface area (Å²) < 4.78 is 0. The van der Waals surface area contributed by atoms with Crippen molar-refractivity contribution in [3.8, 4) is 0 Å². The molecule has 14 heavy (non-hydrogen) atoms. The maximum Gasteiger partial charge on any atom is 0.0501 e. The number of hydrogen-bond donors (Lipinski definition) is 0. The molecular formula is C12H30Si2. The molecule has 0 aliphatic heterocycles. The Morgan fingerprint density at radius 2 is 0.786 bits per heavy atom. The second-order valence-corrected chi connectivity index (χ2v) is 18.6. The van der Waals surface area contributed by atoms with Crippen molar-refractivity contribution in [1.82, 2.24) is 0 Å². The van der Waals surface area contributed by atoms with Crippen molar-refractivity contribution in [2.45, 2.75) is 77.1 Å². The fraction of sp³-hybridized carbons (Fsp3) is 1.00. The van der Waals surface area contributed by atoms with Crippen LogP contribution in [-0.4, -0.2) is 16.1 Å². The summed E-state index contributed by atoms with van der Waals surface area (Å²) in [6, 6.07) is 0. The van der Waals surface area contributed by atoms with E-state index >= 15 is 0 Å². The molecule has 0 unspecified atom stereocenters. The van der Waals surface area contributed by atoms with Crippen LogP contribution in [0, 0.1) is 0 Å². The van der Waals surface area contributed by atoms with Gasteiger partial charge in [-0.15, -0.1) is 0 Å². The van der Waals surface area contributed by atoms with Gasteiger partial charge in [0.25, 0.3) is 0 Å². The summed E-state index contributed by atoms with van der Waals surface area (Å²) in [5, 5.41) is 1.02. The molecule has 0 N–H and O–H groups in total. The van der Waals surface area contributed by atoms with E-state index in [2.05, 4.69) is 60.8 Å². The minimum absolute atomic E-state index is 0.919. The lowest BCUT2D eigenvalue weighted by atomic mass is 10.6. The van der Waals surface area contributed by atoms with E-state index in [-0.39, 0.29) is 0 Å². The summed E-state index contributed by atoms with van der Waals surface area (Å²) in [4.78, 5) is 0. The highest BCUT2D eigenvalue weighted by molar-refractivity contribution is 6.98. The summed E-state index contributed by atoms with van der Waals surface area (Å²) in [6.07, 6.45) is 0. The van der Waals surface area contributed by atoms with Crippen molar-refractivity contribution in [1.29, 1.82) is 0 Å². The highest BCUT2D eigenvalue weighted by Gasteiger charge is 2.43. The van der Waals surface area contributed by atoms with Crippen molar-refractivity contribution < 1.29 is 0 Å². The van der Waals surface area contributed by atoms with E-state index in [9.17, 15) is 0 Å². The van der Waals surface area contributed by atoms with Gasteiger partial charge in [0.1, 0.15) is 0 Å². The molecule has 0 saturated carbocycles. The van der Waals surface area contributed by atoms with Crippen LogP contribution in [-0.2, 0) is 0 Å². The van der Waals surface area contributed by atoms with Gasteiger partial charge in [0.05, 0.1) is 16.1 Å². The molecule has 0 amide bonds. The van der Waals surface area contributed by atoms with Gasteiger partial charge in [-0.3, -0.25) is 0 Å². The van der Waals surface area contributed by atoms with E-state index < -0.39 is 16.1 Å². The Kier molecular flexibility index (Phi) is 4.66. The third-order valence-electron chi connectivity index (χ3n) is 5.21. The highest BCUT2D eigenvalue weighted by atomic mass is 28.4. The SMILES string of the molecule is CC(C)[Si](C)(C)C(C)[Si](C)(C)C(C)C. The molecule has 0 atom stereocenters. The highest BCUT2D eigenvalue weighted by Crippen LogP contribution is 2.43.